The molecule has 20 heteroatoms. The van der Waals surface area contributed by atoms with Crippen molar-refractivity contribution >= 4 is 90.8 Å². The van der Waals surface area contributed by atoms with E-state index in [1.54, 1.807) is 0 Å². The Morgan fingerprint density at radius 3 is 1.35 bits per heavy atom. The van der Waals surface area contributed by atoms with E-state index in [-0.39, 0.29) is 56.9 Å². The lowest BCUT2D eigenvalue weighted by Crippen LogP contribution is -2.06. The fraction of sp³-hybridized carbons (Fsp3) is 0. The van der Waals surface area contributed by atoms with E-state index in [0.29, 0.717) is 0 Å². The molecule has 0 atom stereocenters. The highest BCUT2D eigenvalue weighted by Crippen LogP contribution is 2.28. The SMILES string of the molecule is Nc1nc(Cl)nc(Nc2ccc(/C=C/c3ccc(Nc4nc(N)nc(Cl)n4)cc3S(=O)(=O)O)c(S(=O)(=O)O)c2)n1. The van der Waals surface area contributed by atoms with Gasteiger partial charge in [-0.2, -0.15) is 46.7 Å². The highest BCUT2D eigenvalue weighted by Gasteiger charge is 2.18. The van der Waals surface area contributed by atoms with E-state index in [1.165, 1.54) is 36.4 Å². The number of benzene rings is 2. The van der Waals surface area contributed by atoms with Gasteiger partial charge in [0.2, 0.25) is 34.4 Å². The molecule has 0 radical (unpaired) electrons. The van der Waals surface area contributed by atoms with Crippen LogP contribution in [0.4, 0.5) is 35.2 Å². The fourth-order valence-corrected chi connectivity index (χ4v) is 4.98. The van der Waals surface area contributed by atoms with Crippen molar-refractivity contribution in [3.05, 3.63) is 58.1 Å². The van der Waals surface area contributed by atoms with Crippen LogP contribution in [-0.2, 0) is 20.2 Å². The second-order valence-corrected chi connectivity index (χ2v) is 11.1. The number of nitrogens with zero attached hydrogens (tertiary/aromatic N) is 6. The number of hydrogen-bond donors (Lipinski definition) is 6. The van der Waals surface area contributed by atoms with Crippen molar-refractivity contribution in [3.63, 3.8) is 0 Å². The Morgan fingerprint density at radius 1 is 0.650 bits per heavy atom. The first kappa shape index (κ1) is 28.8. The molecule has 0 saturated carbocycles. The molecule has 0 aliphatic rings. The van der Waals surface area contributed by atoms with Crippen LogP contribution in [0.1, 0.15) is 11.1 Å². The average molecular weight is 627 g/mol. The third-order valence-corrected chi connectivity index (χ3v) is 6.95. The maximum absolute atomic E-state index is 12.1. The van der Waals surface area contributed by atoms with Gasteiger partial charge in [-0.15, -0.1) is 0 Å². The molecule has 4 rings (SSSR count). The van der Waals surface area contributed by atoms with Gasteiger partial charge in [0, 0.05) is 11.4 Å². The first-order valence-electron chi connectivity index (χ1n) is 10.5. The zero-order valence-corrected chi connectivity index (χ0v) is 22.7. The van der Waals surface area contributed by atoms with Crippen LogP contribution in [0.5, 0.6) is 0 Å². The molecule has 0 bridgehead atoms. The molecule has 0 spiro atoms. The standard InChI is InChI=1S/C20H16Cl2N10O6S2/c21-15-27-17(23)31-19(29-15)25-11-5-3-9(13(7-11)39(33,34)35)1-2-10-4-6-12(8-14(10)40(36,37)38)26-20-30-16(22)28-18(24)32-20/h1-8H,(H,33,34,35)(H,36,37,38)(H3,23,25,27,29,31)(H3,24,26,28,30,32)/b2-1+. The lowest BCUT2D eigenvalue weighted by Gasteiger charge is -2.10. The number of anilines is 6. The molecule has 0 unspecified atom stereocenters. The maximum Gasteiger partial charge on any atom is 0.295 e. The molecule has 8 N–H and O–H groups in total. The smallest absolute Gasteiger partial charge is 0.295 e. The largest absolute Gasteiger partial charge is 0.368 e. The van der Waals surface area contributed by atoms with Gasteiger partial charge in [-0.25, -0.2) is 0 Å². The first-order chi connectivity index (χ1) is 18.7. The number of nitrogens with one attached hydrogen (secondary N) is 2. The highest BCUT2D eigenvalue weighted by atomic mass is 35.5. The Balaban J connectivity index is 1.69. The van der Waals surface area contributed by atoms with E-state index in [4.69, 9.17) is 34.7 Å². The normalized spacial score (nSPS) is 12.0. The van der Waals surface area contributed by atoms with Crippen molar-refractivity contribution in [1.82, 2.24) is 29.9 Å². The van der Waals surface area contributed by atoms with Gasteiger partial charge in [0.05, 0.1) is 0 Å². The van der Waals surface area contributed by atoms with Gasteiger partial charge >= 0.3 is 0 Å². The van der Waals surface area contributed by atoms with Crippen molar-refractivity contribution in [1.29, 1.82) is 0 Å². The van der Waals surface area contributed by atoms with E-state index >= 15 is 0 Å². The summed E-state index contributed by atoms with van der Waals surface area (Å²) in [6, 6.07) is 7.61. The lowest BCUT2D eigenvalue weighted by atomic mass is 10.1. The second-order valence-electron chi connectivity index (χ2n) is 7.61. The summed E-state index contributed by atoms with van der Waals surface area (Å²) in [5.74, 6) is -0.547. The van der Waals surface area contributed by atoms with E-state index < -0.39 is 30.0 Å². The Kier molecular flexibility index (Phi) is 8.00. The number of nitrogen functional groups attached to an aromatic ring is 2. The summed E-state index contributed by atoms with van der Waals surface area (Å²) in [7, 11) is -9.54. The van der Waals surface area contributed by atoms with Crippen LogP contribution < -0.4 is 22.1 Å². The Hall–Kier alpha value is -4.20. The molecular formula is C20H16Cl2N10O6S2. The summed E-state index contributed by atoms with van der Waals surface area (Å²) in [5.41, 5.74) is 11.3. The average Bonchev–Trinajstić information content (AvgIpc) is 2.81. The molecule has 208 valence electrons. The Labute approximate surface area is 236 Å². The van der Waals surface area contributed by atoms with Gasteiger partial charge in [-0.3, -0.25) is 9.11 Å². The fourth-order valence-electron chi connectivity index (χ4n) is 3.23. The Bertz CT molecular complexity index is 1700. The van der Waals surface area contributed by atoms with Crippen LogP contribution in [-0.4, -0.2) is 55.8 Å². The summed E-state index contributed by atoms with van der Waals surface area (Å²) in [6.45, 7) is 0. The zero-order valence-electron chi connectivity index (χ0n) is 19.6. The molecule has 16 nitrogen and oxygen atoms in total. The molecule has 2 aromatic carbocycles. The predicted molar refractivity (Wildman–Crippen MR) is 147 cm³/mol. The van der Waals surface area contributed by atoms with Crippen molar-refractivity contribution in [3.8, 4) is 0 Å². The molecule has 4 aromatic rings. The molecule has 0 saturated heterocycles. The van der Waals surface area contributed by atoms with Gasteiger partial charge in [0.15, 0.2) is 0 Å². The van der Waals surface area contributed by atoms with Gasteiger partial charge in [0.1, 0.15) is 9.79 Å². The van der Waals surface area contributed by atoms with Crippen molar-refractivity contribution in [2.45, 2.75) is 9.79 Å². The minimum absolute atomic E-state index is 0.0277. The highest BCUT2D eigenvalue weighted by molar-refractivity contribution is 7.86. The number of halogens is 2. The van der Waals surface area contributed by atoms with Gasteiger partial charge in [-0.05, 0) is 58.6 Å². The number of aromatic nitrogens is 6. The minimum Gasteiger partial charge on any atom is -0.368 e. The molecule has 0 fully saturated rings. The van der Waals surface area contributed by atoms with Gasteiger partial charge in [0.25, 0.3) is 20.2 Å². The third kappa shape index (κ3) is 7.25. The van der Waals surface area contributed by atoms with Crippen LogP contribution in [0.3, 0.4) is 0 Å². The van der Waals surface area contributed by atoms with Crippen LogP contribution in [0, 0.1) is 0 Å². The van der Waals surface area contributed by atoms with Crippen LogP contribution in [0.25, 0.3) is 12.2 Å². The van der Waals surface area contributed by atoms with Crippen molar-refractivity contribution < 1.29 is 25.9 Å². The molecule has 40 heavy (non-hydrogen) atoms. The number of rotatable bonds is 8. The summed E-state index contributed by atoms with van der Waals surface area (Å²) < 4.78 is 68.0. The number of nitrogens with two attached hydrogens (primary N) is 2. The Morgan fingerprint density at radius 2 is 1.02 bits per heavy atom. The third-order valence-electron chi connectivity index (χ3n) is 4.79. The van der Waals surface area contributed by atoms with Crippen LogP contribution >= 0.6 is 23.2 Å². The molecule has 0 aliphatic carbocycles. The second kappa shape index (κ2) is 11.1. The van der Waals surface area contributed by atoms with Gasteiger partial charge in [-0.1, -0.05) is 24.3 Å². The summed E-state index contributed by atoms with van der Waals surface area (Å²) >= 11 is 11.5. The molecule has 2 heterocycles. The lowest BCUT2D eigenvalue weighted by molar-refractivity contribution is 0.480. The van der Waals surface area contributed by atoms with Crippen molar-refractivity contribution in [2.75, 3.05) is 22.1 Å². The molecule has 0 amide bonds. The van der Waals surface area contributed by atoms with Crippen molar-refractivity contribution in [2.24, 2.45) is 0 Å². The van der Waals surface area contributed by atoms with Crippen LogP contribution in [0.2, 0.25) is 10.6 Å². The van der Waals surface area contributed by atoms with E-state index in [0.717, 1.165) is 12.1 Å². The predicted octanol–water partition coefficient (Wildman–Crippen LogP) is 2.68. The number of hydrogen-bond acceptors (Lipinski definition) is 14. The van der Waals surface area contributed by atoms with E-state index in [9.17, 15) is 25.9 Å². The van der Waals surface area contributed by atoms with Gasteiger partial charge < -0.3 is 22.1 Å². The minimum atomic E-state index is -4.77. The zero-order chi connectivity index (χ0) is 29.2. The monoisotopic (exact) mass is 626 g/mol. The van der Waals surface area contributed by atoms with Crippen LogP contribution in [0.15, 0.2) is 46.2 Å². The first-order valence-corrected chi connectivity index (χ1v) is 14.1. The molecule has 2 aromatic heterocycles. The summed E-state index contributed by atoms with van der Waals surface area (Å²) in [4.78, 5) is 21.4. The van der Waals surface area contributed by atoms with E-state index in [2.05, 4.69) is 40.5 Å². The maximum atomic E-state index is 12.1. The van der Waals surface area contributed by atoms with E-state index in [1.807, 2.05) is 0 Å². The topological polar surface area (TPSA) is 262 Å². The quantitative estimate of drug-likeness (QED) is 0.121. The molecule has 0 aliphatic heterocycles. The molecular weight excluding hydrogens is 611 g/mol. The summed E-state index contributed by atoms with van der Waals surface area (Å²) in [6.07, 6.45) is 2.43. The summed E-state index contributed by atoms with van der Waals surface area (Å²) in [5, 5.41) is 4.96.